The maximum absolute atomic E-state index is 12.7. The van der Waals surface area contributed by atoms with Crippen molar-refractivity contribution in [1.82, 2.24) is 0 Å². The van der Waals surface area contributed by atoms with Crippen LogP contribution in [0, 0.1) is 0 Å². The van der Waals surface area contributed by atoms with Crippen LogP contribution >= 0.6 is 27.5 Å². The Kier molecular flexibility index (Phi) is 8.30. The summed E-state index contributed by atoms with van der Waals surface area (Å²) in [5.41, 5.74) is 3.62. The van der Waals surface area contributed by atoms with Crippen LogP contribution in [0.2, 0.25) is 5.02 Å². The Morgan fingerprint density at radius 1 is 1.00 bits per heavy atom. The number of ketones is 1. The zero-order chi connectivity index (χ0) is 23.9. The molecule has 1 fully saturated rings. The Balaban J connectivity index is 1.43. The van der Waals surface area contributed by atoms with Crippen molar-refractivity contribution in [3.05, 3.63) is 92.9 Å². The van der Waals surface area contributed by atoms with Gasteiger partial charge in [0.1, 0.15) is 18.1 Å². The summed E-state index contributed by atoms with van der Waals surface area (Å²) in [5.74, 6) is 1.28. The number of halogens is 2. The molecule has 3 aromatic rings. The molecule has 0 bridgehead atoms. The van der Waals surface area contributed by atoms with E-state index in [0.29, 0.717) is 22.1 Å². The highest BCUT2D eigenvalue weighted by Gasteiger charge is 2.12. The molecule has 0 unspecified atom stereocenters. The number of benzene rings is 3. The summed E-state index contributed by atoms with van der Waals surface area (Å²) in [5, 5.41) is 0.529. The molecular formula is C28H27BrClNO3. The van der Waals surface area contributed by atoms with Gasteiger partial charge in [-0.3, -0.25) is 4.79 Å². The predicted octanol–water partition coefficient (Wildman–Crippen LogP) is 7.58. The number of carbonyl (C=O) groups is 1. The summed E-state index contributed by atoms with van der Waals surface area (Å²) in [6.45, 7) is 2.47. The van der Waals surface area contributed by atoms with E-state index in [0.717, 1.165) is 28.7 Å². The van der Waals surface area contributed by atoms with Crippen molar-refractivity contribution in [2.75, 3.05) is 25.1 Å². The summed E-state index contributed by atoms with van der Waals surface area (Å²) < 4.78 is 12.3. The van der Waals surface area contributed by atoms with Gasteiger partial charge in [-0.05, 0) is 85.5 Å². The van der Waals surface area contributed by atoms with Crippen LogP contribution in [0.5, 0.6) is 11.5 Å². The second-order valence-corrected chi connectivity index (χ2v) is 9.55. The molecule has 1 aliphatic heterocycles. The van der Waals surface area contributed by atoms with Crippen molar-refractivity contribution < 1.29 is 14.3 Å². The summed E-state index contributed by atoms with van der Waals surface area (Å²) >= 11 is 9.65. The summed E-state index contributed by atoms with van der Waals surface area (Å²) in [7, 11) is 1.62. The summed E-state index contributed by atoms with van der Waals surface area (Å²) in [6.07, 6.45) is 7.18. The minimum Gasteiger partial charge on any atom is -0.496 e. The highest BCUT2D eigenvalue weighted by molar-refractivity contribution is 9.10. The van der Waals surface area contributed by atoms with Gasteiger partial charge < -0.3 is 14.4 Å². The first-order valence-electron chi connectivity index (χ1n) is 11.4. The normalized spacial score (nSPS) is 13.8. The van der Waals surface area contributed by atoms with Crippen LogP contribution in [-0.4, -0.2) is 26.0 Å². The molecule has 4 nitrogen and oxygen atoms in total. The molecule has 1 saturated heterocycles. The van der Waals surface area contributed by atoms with Crippen LogP contribution in [0.25, 0.3) is 6.08 Å². The third-order valence-corrected chi connectivity index (χ3v) is 6.67. The first-order valence-corrected chi connectivity index (χ1v) is 12.5. The Morgan fingerprint density at radius 3 is 2.44 bits per heavy atom. The number of anilines is 1. The Labute approximate surface area is 214 Å². The van der Waals surface area contributed by atoms with Crippen LogP contribution in [0.3, 0.4) is 0 Å². The van der Waals surface area contributed by atoms with Gasteiger partial charge >= 0.3 is 0 Å². The van der Waals surface area contributed by atoms with Crippen LogP contribution < -0.4 is 14.4 Å². The lowest BCUT2D eigenvalue weighted by Crippen LogP contribution is -2.29. The molecule has 3 aromatic carbocycles. The first-order chi connectivity index (χ1) is 16.5. The molecule has 1 aliphatic rings. The van der Waals surface area contributed by atoms with Gasteiger partial charge in [0.2, 0.25) is 0 Å². The summed E-state index contributed by atoms with van der Waals surface area (Å²) in [6, 6.07) is 19.1. The third-order valence-electron chi connectivity index (χ3n) is 5.88. The molecule has 0 spiro atoms. The SMILES string of the molecule is COc1ccc(/C=C/C(=O)c2ccc(N3CCCCC3)cc2)cc1COc1ccc(Br)cc1Cl. The highest BCUT2D eigenvalue weighted by Crippen LogP contribution is 2.30. The lowest BCUT2D eigenvalue weighted by Gasteiger charge is -2.28. The number of allylic oxidation sites excluding steroid dienone is 1. The quantitative estimate of drug-likeness (QED) is 0.218. The van der Waals surface area contributed by atoms with E-state index < -0.39 is 0 Å². The fourth-order valence-electron chi connectivity index (χ4n) is 4.02. The standard InChI is InChI=1S/C28H27BrClNO3/c1-33-27-13-6-20(17-22(27)19-34-28-14-9-23(29)18-25(28)30)5-12-26(32)21-7-10-24(11-8-21)31-15-3-2-4-16-31/h5-14,17-18H,2-4,15-16,19H2,1H3/b12-5+. The van der Waals surface area contributed by atoms with Gasteiger partial charge in [0.25, 0.3) is 0 Å². The molecule has 0 amide bonds. The Hall–Kier alpha value is -2.76. The number of hydrogen-bond acceptors (Lipinski definition) is 4. The minimum atomic E-state index is -0.0274. The highest BCUT2D eigenvalue weighted by atomic mass is 79.9. The molecule has 0 atom stereocenters. The molecule has 1 heterocycles. The molecule has 0 aromatic heterocycles. The largest absolute Gasteiger partial charge is 0.496 e. The van der Waals surface area contributed by atoms with Gasteiger partial charge in [0, 0.05) is 34.4 Å². The number of hydrogen-bond donors (Lipinski definition) is 0. The van der Waals surface area contributed by atoms with E-state index in [1.807, 2.05) is 60.7 Å². The fourth-order valence-corrected chi connectivity index (χ4v) is 4.75. The molecular weight excluding hydrogens is 514 g/mol. The van der Waals surface area contributed by atoms with Gasteiger partial charge in [0.05, 0.1) is 12.1 Å². The second-order valence-electron chi connectivity index (χ2n) is 8.23. The first kappa shape index (κ1) is 24.4. The number of nitrogens with zero attached hydrogens (tertiary/aromatic N) is 1. The maximum Gasteiger partial charge on any atom is 0.185 e. The predicted molar refractivity (Wildman–Crippen MR) is 142 cm³/mol. The minimum absolute atomic E-state index is 0.0274. The van der Waals surface area contributed by atoms with Gasteiger partial charge in [-0.25, -0.2) is 0 Å². The van der Waals surface area contributed by atoms with Crippen molar-refractivity contribution in [3.63, 3.8) is 0 Å². The van der Waals surface area contributed by atoms with Gasteiger partial charge in [-0.1, -0.05) is 39.7 Å². The molecule has 0 saturated carbocycles. The van der Waals surface area contributed by atoms with E-state index in [2.05, 4.69) is 20.8 Å². The van der Waals surface area contributed by atoms with Crippen LogP contribution in [0.15, 0.2) is 71.2 Å². The Bertz CT molecular complexity index is 1170. The van der Waals surface area contributed by atoms with E-state index in [4.69, 9.17) is 21.1 Å². The molecule has 176 valence electrons. The number of rotatable bonds is 8. The lowest BCUT2D eigenvalue weighted by molar-refractivity contribution is 0.104. The van der Waals surface area contributed by atoms with Crippen molar-refractivity contribution in [2.24, 2.45) is 0 Å². The van der Waals surface area contributed by atoms with Gasteiger partial charge in [0.15, 0.2) is 5.78 Å². The van der Waals surface area contributed by atoms with Crippen molar-refractivity contribution in [2.45, 2.75) is 25.9 Å². The average molecular weight is 541 g/mol. The molecule has 0 N–H and O–H groups in total. The maximum atomic E-state index is 12.7. The lowest BCUT2D eigenvalue weighted by atomic mass is 10.1. The number of ether oxygens (including phenoxy) is 2. The van der Waals surface area contributed by atoms with E-state index in [1.54, 1.807) is 19.3 Å². The van der Waals surface area contributed by atoms with E-state index >= 15 is 0 Å². The van der Waals surface area contributed by atoms with Crippen LogP contribution in [0.1, 0.15) is 40.7 Å². The van der Waals surface area contributed by atoms with Crippen LogP contribution in [-0.2, 0) is 6.61 Å². The topological polar surface area (TPSA) is 38.8 Å². The second kappa shape index (κ2) is 11.6. The molecule has 4 rings (SSSR count). The molecule has 6 heteroatoms. The van der Waals surface area contributed by atoms with Crippen molar-refractivity contribution in [3.8, 4) is 11.5 Å². The van der Waals surface area contributed by atoms with E-state index in [9.17, 15) is 4.79 Å². The zero-order valence-corrected chi connectivity index (χ0v) is 21.4. The monoisotopic (exact) mass is 539 g/mol. The van der Waals surface area contributed by atoms with Gasteiger partial charge in [-0.2, -0.15) is 0 Å². The molecule has 34 heavy (non-hydrogen) atoms. The van der Waals surface area contributed by atoms with E-state index in [-0.39, 0.29) is 12.4 Å². The fraction of sp³-hybridized carbons (Fsp3) is 0.250. The summed E-state index contributed by atoms with van der Waals surface area (Å²) in [4.78, 5) is 15.1. The molecule has 0 radical (unpaired) electrons. The smallest absolute Gasteiger partial charge is 0.185 e. The zero-order valence-electron chi connectivity index (χ0n) is 19.1. The number of methoxy groups -OCH3 is 1. The van der Waals surface area contributed by atoms with E-state index in [1.165, 1.54) is 24.9 Å². The Morgan fingerprint density at radius 2 is 1.74 bits per heavy atom. The number of carbonyl (C=O) groups excluding carboxylic acids is 1. The van der Waals surface area contributed by atoms with Crippen molar-refractivity contribution in [1.29, 1.82) is 0 Å². The third kappa shape index (κ3) is 6.22. The number of piperidine rings is 1. The van der Waals surface area contributed by atoms with Crippen molar-refractivity contribution >= 4 is 45.1 Å². The molecule has 0 aliphatic carbocycles. The van der Waals surface area contributed by atoms with Gasteiger partial charge in [-0.15, -0.1) is 0 Å². The van der Waals surface area contributed by atoms with Crippen LogP contribution in [0.4, 0.5) is 5.69 Å². The average Bonchev–Trinajstić information content (AvgIpc) is 2.87.